The number of hydrogen-bond donors (Lipinski definition) is 0. The zero-order chi connectivity index (χ0) is 31.3. The topological polar surface area (TPSA) is 54.3 Å². The number of aromatic nitrogens is 1. The Bertz CT molecular complexity index is 1440. The van der Waals surface area contributed by atoms with Crippen LogP contribution in [0, 0.1) is 6.92 Å². The molecule has 1 saturated heterocycles. The molecule has 0 radical (unpaired) electrons. The zero-order valence-corrected chi connectivity index (χ0v) is 27.4. The van der Waals surface area contributed by atoms with Gasteiger partial charge in [0.2, 0.25) is 0 Å². The van der Waals surface area contributed by atoms with Gasteiger partial charge in [0, 0.05) is 37.2 Å². The molecule has 1 aliphatic rings. The summed E-state index contributed by atoms with van der Waals surface area (Å²) >= 11 is 0. The number of ether oxygens (including phenoxy) is 5. The van der Waals surface area contributed by atoms with Crippen molar-refractivity contribution < 1.29 is 23.7 Å². The highest BCUT2D eigenvalue weighted by Crippen LogP contribution is 2.36. The van der Waals surface area contributed by atoms with Crippen LogP contribution in [0.15, 0.2) is 66.7 Å². The van der Waals surface area contributed by atoms with Crippen molar-refractivity contribution in [1.29, 1.82) is 0 Å². The van der Waals surface area contributed by atoms with Gasteiger partial charge in [-0.3, -0.25) is 4.90 Å². The van der Waals surface area contributed by atoms with E-state index in [1.165, 1.54) is 66.5 Å². The Morgan fingerprint density at radius 2 is 1.20 bits per heavy atom. The van der Waals surface area contributed by atoms with Crippen molar-refractivity contribution in [2.24, 2.45) is 0 Å². The maximum atomic E-state index is 6.14. The summed E-state index contributed by atoms with van der Waals surface area (Å²) in [7, 11) is 0. The number of nitrogens with zero attached hydrogens (tertiary/aromatic N) is 2. The lowest BCUT2D eigenvalue weighted by atomic mass is 10.1. The molecule has 0 amide bonds. The number of rotatable bonds is 17. The molecule has 0 N–H and O–H groups in total. The Hall–Kier alpha value is -3.52. The van der Waals surface area contributed by atoms with Crippen LogP contribution in [0.4, 0.5) is 0 Å². The SMILES string of the molecule is CCOCCOc1ccc(-c2c(C)c3cc(OCCOCC)ccc3n2Cc2ccc(OCCN3CCCCCC3)cc2)cc1. The number of aryl methyl sites for hydroxylation is 1. The second-order valence-electron chi connectivity index (χ2n) is 11.6. The van der Waals surface area contributed by atoms with Crippen molar-refractivity contribution in [2.75, 3.05) is 65.9 Å². The largest absolute Gasteiger partial charge is 0.492 e. The van der Waals surface area contributed by atoms with E-state index in [9.17, 15) is 0 Å². The molecule has 2 heterocycles. The molecular formula is C38H50N2O5. The van der Waals surface area contributed by atoms with Crippen LogP contribution in [0.25, 0.3) is 22.2 Å². The summed E-state index contributed by atoms with van der Waals surface area (Å²) in [4.78, 5) is 2.54. The van der Waals surface area contributed by atoms with Gasteiger partial charge in [0.05, 0.1) is 18.9 Å². The molecule has 0 saturated carbocycles. The molecule has 7 heteroatoms. The van der Waals surface area contributed by atoms with Crippen molar-refractivity contribution >= 4 is 10.9 Å². The van der Waals surface area contributed by atoms with E-state index >= 15 is 0 Å². The average Bonchev–Trinajstić information content (AvgIpc) is 3.20. The Morgan fingerprint density at radius 3 is 1.84 bits per heavy atom. The standard InChI is InChI=1S/C38H50N2O5/c1-4-41-24-26-44-34-16-12-32(13-17-34)38-30(3)36-28-35(45-27-25-42-5-2)18-19-37(36)40(38)29-31-10-14-33(15-11-31)43-23-22-39-20-8-6-7-9-21-39/h10-19,28H,4-9,20-27,29H2,1-3H3. The van der Waals surface area contributed by atoms with Crippen LogP contribution in [-0.4, -0.2) is 75.3 Å². The molecule has 7 nitrogen and oxygen atoms in total. The molecule has 1 fully saturated rings. The average molecular weight is 615 g/mol. The second-order valence-corrected chi connectivity index (χ2v) is 11.6. The molecule has 5 rings (SSSR count). The van der Waals surface area contributed by atoms with Gasteiger partial charge in [-0.15, -0.1) is 0 Å². The minimum Gasteiger partial charge on any atom is -0.492 e. The maximum absolute atomic E-state index is 6.14. The Labute approximate surface area is 269 Å². The first kappa shape index (κ1) is 32.9. The fourth-order valence-electron chi connectivity index (χ4n) is 6.09. The van der Waals surface area contributed by atoms with E-state index in [2.05, 4.69) is 71.0 Å². The highest BCUT2D eigenvalue weighted by molar-refractivity contribution is 5.92. The third-order valence-electron chi connectivity index (χ3n) is 8.46. The van der Waals surface area contributed by atoms with Crippen molar-refractivity contribution in [3.05, 3.63) is 77.9 Å². The third-order valence-corrected chi connectivity index (χ3v) is 8.46. The first-order valence-electron chi connectivity index (χ1n) is 16.7. The summed E-state index contributed by atoms with van der Waals surface area (Å²) in [6.07, 6.45) is 5.32. The van der Waals surface area contributed by atoms with Gasteiger partial charge in [-0.2, -0.15) is 0 Å². The van der Waals surface area contributed by atoms with Gasteiger partial charge in [0.15, 0.2) is 0 Å². The quantitative estimate of drug-likeness (QED) is 0.113. The van der Waals surface area contributed by atoms with Gasteiger partial charge in [-0.05, 0) is 118 Å². The van der Waals surface area contributed by atoms with Crippen molar-refractivity contribution in [3.8, 4) is 28.5 Å². The van der Waals surface area contributed by atoms with E-state index in [0.717, 1.165) is 42.5 Å². The molecular weight excluding hydrogens is 564 g/mol. The Morgan fingerprint density at radius 1 is 0.622 bits per heavy atom. The molecule has 4 aromatic rings. The monoisotopic (exact) mass is 614 g/mol. The van der Waals surface area contributed by atoms with E-state index in [-0.39, 0.29) is 0 Å². The van der Waals surface area contributed by atoms with Crippen LogP contribution in [0.5, 0.6) is 17.2 Å². The smallest absolute Gasteiger partial charge is 0.120 e. The van der Waals surface area contributed by atoms with Crippen LogP contribution >= 0.6 is 0 Å². The fourth-order valence-corrected chi connectivity index (χ4v) is 6.09. The molecule has 0 aliphatic carbocycles. The Kier molecular flexibility index (Phi) is 12.6. The molecule has 0 spiro atoms. The lowest BCUT2D eigenvalue weighted by Gasteiger charge is -2.19. The normalized spacial score (nSPS) is 14.0. The number of hydrogen-bond acceptors (Lipinski definition) is 6. The molecule has 1 aliphatic heterocycles. The van der Waals surface area contributed by atoms with E-state index in [1.54, 1.807) is 0 Å². The molecule has 0 atom stereocenters. The van der Waals surface area contributed by atoms with Crippen LogP contribution < -0.4 is 14.2 Å². The third kappa shape index (κ3) is 9.25. The number of benzene rings is 3. The summed E-state index contributed by atoms with van der Waals surface area (Å²) < 4.78 is 31.4. The van der Waals surface area contributed by atoms with Crippen molar-refractivity contribution in [1.82, 2.24) is 9.47 Å². The van der Waals surface area contributed by atoms with Gasteiger partial charge < -0.3 is 28.3 Å². The van der Waals surface area contributed by atoms with Crippen LogP contribution in [0.2, 0.25) is 0 Å². The molecule has 1 aromatic heterocycles. The summed E-state index contributed by atoms with van der Waals surface area (Å²) in [5.74, 6) is 2.63. The maximum Gasteiger partial charge on any atom is 0.120 e. The van der Waals surface area contributed by atoms with Crippen LogP contribution in [0.3, 0.4) is 0 Å². The minimum atomic E-state index is 0.531. The molecule has 0 unspecified atom stereocenters. The number of likely N-dealkylation sites (tertiary alicyclic amines) is 1. The van der Waals surface area contributed by atoms with Crippen molar-refractivity contribution in [2.45, 2.75) is 53.0 Å². The first-order chi connectivity index (χ1) is 22.2. The molecule has 0 bridgehead atoms. The fraction of sp³-hybridized carbons (Fsp3) is 0.474. The summed E-state index contributed by atoms with van der Waals surface area (Å²) in [6.45, 7) is 14.7. The summed E-state index contributed by atoms with van der Waals surface area (Å²) in [6, 6.07) is 23.4. The first-order valence-corrected chi connectivity index (χ1v) is 16.7. The highest BCUT2D eigenvalue weighted by atomic mass is 16.5. The second kappa shape index (κ2) is 17.2. The molecule has 45 heavy (non-hydrogen) atoms. The van der Waals surface area contributed by atoms with E-state index in [4.69, 9.17) is 23.7 Å². The lowest BCUT2D eigenvalue weighted by Crippen LogP contribution is -2.29. The van der Waals surface area contributed by atoms with Gasteiger partial charge in [-0.25, -0.2) is 0 Å². The van der Waals surface area contributed by atoms with E-state index in [1.807, 2.05) is 26.0 Å². The van der Waals surface area contributed by atoms with Crippen LogP contribution in [0.1, 0.15) is 50.7 Å². The predicted molar refractivity (Wildman–Crippen MR) is 182 cm³/mol. The lowest BCUT2D eigenvalue weighted by molar-refractivity contribution is 0.110. The molecule has 3 aromatic carbocycles. The predicted octanol–water partition coefficient (Wildman–Crippen LogP) is 7.75. The Balaban J connectivity index is 1.34. The van der Waals surface area contributed by atoms with Crippen molar-refractivity contribution in [3.63, 3.8) is 0 Å². The summed E-state index contributed by atoms with van der Waals surface area (Å²) in [5, 5.41) is 1.18. The highest BCUT2D eigenvalue weighted by Gasteiger charge is 2.18. The minimum absolute atomic E-state index is 0.531. The van der Waals surface area contributed by atoms with Gasteiger partial charge in [-0.1, -0.05) is 25.0 Å². The van der Waals surface area contributed by atoms with Gasteiger partial charge in [0.25, 0.3) is 0 Å². The molecule has 242 valence electrons. The van der Waals surface area contributed by atoms with Gasteiger partial charge in [0.1, 0.15) is 37.1 Å². The zero-order valence-electron chi connectivity index (χ0n) is 27.4. The van der Waals surface area contributed by atoms with Crippen LogP contribution in [-0.2, 0) is 16.0 Å². The van der Waals surface area contributed by atoms with E-state index in [0.29, 0.717) is 39.6 Å². The number of fused-ring (bicyclic) bond motifs is 1. The summed E-state index contributed by atoms with van der Waals surface area (Å²) in [5.41, 5.74) is 5.96. The van der Waals surface area contributed by atoms with E-state index < -0.39 is 0 Å². The van der Waals surface area contributed by atoms with Gasteiger partial charge >= 0.3 is 0 Å².